The summed E-state index contributed by atoms with van der Waals surface area (Å²) in [5.41, 5.74) is 4.73. The summed E-state index contributed by atoms with van der Waals surface area (Å²) in [6, 6.07) is 6.00. The molecule has 0 aliphatic carbocycles. The molecule has 5 heteroatoms. The molecule has 1 N–H and O–H groups in total. The summed E-state index contributed by atoms with van der Waals surface area (Å²) in [4.78, 5) is 23.4. The van der Waals surface area contributed by atoms with Gasteiger partial charge >= 0.3 is 0 Å². The van der Waals surface area contributed by atoms with Crippen molar-refractivity contribution in [1.29, 1.82) is 0 Å². The SMILES string of the molecule is Cc1cc(C)cc(C(=O)N2CCC(c3nc(C)ncc3CO)CC2)c1. The Morgan fingerprint density at radius 3 is 2.40 bits per heavy atom. The van der Waals surface area contributed by atoms with E-state index >= 15 is 0 Å². The van der Waals surface area contributed by atoms with Gasteiger partial charge in [0.2, 0.25) is 0 Å². The van der Waals surface area contributed by atoms with Crippen LogP contribution in [0.25, 0.3) is 0 Å². The molecule has 1 fully saturated rings. The van der Waals surface area contributed by atoms with Crippen LogP contribution in [0.1, 0.15) is 57.3 Å². The highest BCUT2D eigenvalue weighted by Gasteiger charge is 2.27. The largest absolute Gasteiger partial charge is 0.392 e. The number of piperidine rings is 1. The van der Waals surface area contributed by atoms with Gasteiger partial charge in [-0.1, -0.05) is 17.2 Å². The van der Waals surface area contributed by atoms with E-state index in [1.807, 2.05) is 37.8 Å². The van der Waals surface area contributed by atoms with Crippen LogP contribution in [0.15, 0.2) is 24.4 Å². The van der Waals surface area contributed by atoms with E-state index < -0.39 is 0 Å². The van der Waals surface area contributed by atoms with Gasteiger partial charge in [-0.15, -0.1) is 0 Å². The van der Waals surface area contributed by atoms with Crippen molar-refractivity contribution >= 4 is 5.91 Å². The van der Waals surface area contributed by atoms with Crippen molar-refractivity contribution in [2.75, 3.05) is 13.1 Å². The molecular formula is C20H25N3O2. The molecule has 1 aromatic carbocycles. The van der Waals surface area contributed by atoms with E-state index in [1.165, 1.54) is 0 Å². The predicted octanol–water partition coefficient (Wildman–Crippen LogP) is 2.91. The van der Waals surface area contributed by atoms with Gasteiger partial charge in [0.15, 0.2) is 0 Å². The number of aliphatic hydroxyl groups excluding tert-OH is 1. The lowest BCUT2D eigenvalue weighted by atomic mass is 9.90. The monoisotopic (exact) mass is 339 g/mol. The van der Waals surface area contributed by atoms with Crippen LogP contribution in [-0.2, 0) is 6.61 Å². The van der Waals surface area contributed by atoms with E-state index in [1.54, 1.807) is 6.20 Å². The predicted molar refractivity (Wildman–Crippen MR) is 96.5 cm³/mol. The lowest BCUT2D eigenvalue weighted by Crippen LogP contribution is -2.38. The number of amides is 1. The van der Waals surface area contributed by atoms with Crippen molar-refractivity contribution in [2.45, 2.75) is 46.1 Å². The standard InChI is InChI=1S/C20H25N3O2/c1-13-8-14(2)10-17(9-13)20(25)23-6-4-16(5-7-23)19-18(12-24)11-21-15(3)22-19/h8-11,16,24H,4-7,12H2,1-3H3. The van der Waals surface area contributed by atoms with E-state index in [0.29, 0.717) is 13.1 Å². The third-order valence-electron chi connectivity index (χ3n) is 4.83. The Morgan fingerprint density at radius 2 is 1.80 bits per heavy atom. The van der Waals surface area contributed by atoms with Gasteiger partial charge < -0.3 is 10.0 Å². The molecule has 1 amide bonds. The average Bonchev–Trinajstić information content (AvgIpc) is 2.60. The minimum Gasteiger partial charge on any atom is -0.392 e. The molecule has 1 aliphatic heterocycles. The molecule has 1 saturated heterocycles. The smallest absolute Gasteiger partial charge is 0.253 e. The molecule has 132 valence electrons. The molecule has 1 aromatic heterocycles. The Balaban J connectivity index is 1.71. The number of aryl methyl sites for hydroxylation is 3. The summed E-state index contributed by atoms with van der Waals surface area (Å²) in [5.74, 6) is 1.10. The first-order chi connectivity index (χ1) is 12.0. The van der Waals surface area contributed by atoms with Crippen molar-refractivity contribution in [3.63, 3.8) is 0 Å². The number of rotatable bonds is 3. The van der Waals surface area contributed by atoms with Gasteiger partial charge in [-0.05, 0) is 45.7 Å². The molecule has 0 radical (unpaired) electrons. The Hall–Kier alpha value is -2.27. The summed E-state index contributed by atoms with van der Waals surface area (Å²) in [6.45, 7) is 7.28. The second kappa shape index (κ2) is 7.31. The molecule has 0 spiro atoms. The van der Waals surface area contributed by atoms with Gasteiger partial charge in [-0.3, -0.25) is 4.79 Å². The number of likely N-dealkylation sites (tertiary alicyclic amines) is 1. The fourth-order valence-electron chi connectivity index (χ4n) is 3.62. The molecule has 3 rings (SSSR count). The fourth-order valence-corrected chi connectivity index (χ4v) is 3.62. The Labute approximate surface area is 148 Å². The highest BCUT2D eigenvalue weighted by atomic mass is 16.3. The molecular weight excluding hydrogens is 314 g/mol. The zero-order valence-electron chi connectivity index (χ0n) is 15.1. The Bertz CT molecular complexity index is 760. The summed E-state index contributed by atoms with van der Waals surface area (Å²) < 4.78 is 0. The minimum absolute atomic E-state index is 0.0443. The zero-order chi connectivity index (χ0) is 18.0. The highest BCUT2D eigenvalue weighted by molar-refractivity contribution is 5.94. The summed E-state index contributed by atoms with van der Waals surface area (Å²) in [6.07, 6.45) is 3.44. The molecule has 25 heavy (non-hydrogen) atoms. The second-order valence-corrected chi connectivity index (χ2v) is 6.93. The summed E-state index contributed by atoms with van der Waals surface area (Å²) in [5, 5.41) is 9.54. The first kappa shape index (κ1) is 17.5. The van der Waals surface area contributed by atoms with E-state index in [0.717, 1.165) is 46.6 Å². The second-order valence-electron chi connectivity index (χ2n) is 6.93. The van der Waals surface area contributed by atoms with E-state index in [-0.39, 0.29) is 18.4 Å². The minimum atomic E-state index is -0.0443. The molecule has 5 nitrogen and oxygen atoms in total. The van der Waals surface area contributed by atoms with Crippen LogP contribution >= 0.6 is 0 Å². The van der Waals surface area contributed by atoms with Crippen LogP contribution < -0.4 is 0 Å². The number of benzene rings is 1. The molecule has 0 bridgehead atoms. The van der Waals surface area contributed by atoms with Crippen LogP contribution in [0.3, 0.4) is 0 Å². The molecule has 0 unspecified atom stereocenters. The number of hydrogen-bond acceptors (Lipinski definition) is 4. The van der Waals surface area contributed by atoms with Gasteiger partial charge in [0.05, 0.1) is 12.3 Å². The van der Waals surface area contributed by atoms with Crippen molar-refractivity contribution in [3.05, 3.63) is 58.2 Å². The van der Waals surface area contributed by atoms with Crippen molar-refractivity contribution in [3.8, 4) is 0 Å². The molecule has 2 aromatic rings. The molecule has 1 aliphatic rings. The van der Waals surface area contributed by atoms with E-state index in [4.69, 9.17) is 0 Å². The first-order valence-corrected chi connectivity index (χ1v) is 8.78. The third-order valence-corrected chi connectivity index (χ3v) is 4.83. The van der Waals surface area contributed by atoms with E-state index in [9.17, 15) is 9.90 Å². The topological polar surface area (TPSA) is 66.3 Å². The molecule has 0 atom stereocenters. The number of aromatic nitrogens is 2. The van der Waals surface area contributed by atoms with E-state index in [2.05, 4.69) is 16.0 Å². The Kier molecular flexibility index (Phi) is 5.13. The maximum absolute atomic E-state index is 12.8. The van der Waals surface area contributed by atoms with Gasteiger partial charge in [-0.2, -0.15) is 0 Å². The number of carbonyl (C=O) groups is 1. The van der Waals surface area contributed by atoms with Crippen LogP contribution in [0.5, 0.6) is 0 Å². The Morgan fingerprint density at radius 1 is 1.16 bits per heavy atom. The van der Waals surface area contributed by atoms with Crippen molar-refractivity contribution in [2.24, 2.45) is 0 Å². The van der Waals surface area contributed by atoms with Crippen molar-refractivity contribution in [1.82, 2.24) is 14.9 Å². The molecule has 0 saturated carbocycles. The molecule has 2 heterocycles. The number of carbonyl (C=O) groups excluding carboxylic acids is 1. The first-order valence-electron chi connectivity index (χ1n) is 8.78. The maximum atomic E-state index is 12.8. The lowest BCUT2D eigenvalue weighted by molar-refractivity contribution is 0.0711. The quantitative estimate of drug-likeness (QED) is 0.934. The summed E-state index contributed by atoms with van der Waals surface area (Å²) >= 11 is 0. The normalized spacial score (nSPS) is 15.4. The highest BCUT2D eigenvalue weighted by Crippen LogP contribution is 2.29. The van der Waals surface area contributed by atoms with Crippen molar-refractivity contribution < 1.29 is 9.90 Å². The number of nitrogens with zero attached hydrogens (tertiary/aromatic N) is 3. The zero-order valence-corrected chi connectivity index (χ0v) is 15.1. The number of aliphatic hydroxyl groups is 1. The average molecular weight is 339 g/mol. The van der Waals surface area contributed by atoms with Crippen LogP contribution in [0.4, 0.5) is 0 Å². The van der Waals surface area contributed by atoms with Crippen LogP contribution in [-0.4, -0.2) is 39.0 Å². The fraction of sp³-hybridized carbons (Fsp3) is 0.450. The summed E-state index contributed by atoms with van der Waals surface area (Å²) in [7, 11) is 0. The van der Waals surface area contributed by atoms with Gasteiger partial charge in [0.25, 0.3) is 5.91 Å². The van der Waals surface area contributed by atoms with Gasteiger partial charge in [0.1, 0.15) is 5.82 Å². The van der Waals surface area contributed by atoms with Gasteiger partial charge in [-0.25, -0.2) is 9.97 Å². The lowest BCUT2D eigenvalue weighted by Gasteiger charge is -2.32. The van der Waals surface area contributed by atoms with Crippen LogP contribution in [0, 0.1) is 20.8 Å². The van der Waals surface area contributed by atoms with Gasteiger partial charge in [0, 0.05) is 36.3 Å². The van der Waals surface area contributed by atoms with Crippen LogP contribution in [0.2, 0.25) is 0 Å². The maximum Gasteiger partial charge on any atom is 0.253 e. The third kappa shape index (κ3) is 3.87. The number of hydrogen-bond donors (Lipinski definition) is 1.